The van der Waals surface area contributed by atoms with E-state index in [0.717, 1.165) is 54.4 Å². The van der Waals surface area contributed by atoms with Crippen LogP contribution in [0.3, 0.4) is 0 Å². The molecule has 4 aromatic rings. The monoisotopic (exact) mass is 414 g/mol. The van der Waals surface area contributed by atoms with Crippen molar-refractivity contribution in [1.29, 1.82) is 0 Å². The first-order valence-corrected chi connectivity index (χ1v) is 10.8. The van der Waals surface area contributed by atoms with Crippen molar-refractivity contribution in [2.45, 2.75) is 19.5 Å². The molecule has 1 aliphatic heterocycles. The largest absolute Gasteiger partial charge is 0.496 e. The molecule has 5 rings (SSSR count). The van der Waals surface area contributed by atoms with Gasteiger partial charge >= 0.3 is 0 Å². The fourth-order valence-electron chi connectivity index (χ4n) is 3.83. The molecule has 0 bridgehead atoms. The van der Waals surface area contributed by atoms with Crippen molar-refractivity contribution in [3.8, 4) is 27.6 Å². The van der Waals surface area contributed by atoms with E-state index in [1.165, 1.54) is 15.3 Å². The number of benzene rings is 1. The lowest BCUT2D eigenvalue weighted by atomic mass is 10.1. The number of aromatic nitrogens is 3. The molecule has 0 atom stereocenters. The third-order valence-electron chi connectivity index (χ3n) is 5.37. The first-order valence-electron chi connectivity index (χ1n) is 10.00. The van der Waals surface area contributed by atoms with Crippen LogP contribution >= 0.6 is 11.3 Å². The summed E-state index contributed by atoms with van der Waals surface area (Å²) in [6, 6.07) is 16.5. The predicted octanol–water partition coefficient (Wildman–Crippen LogP) is 4.83. The summed E-state index contributed by atoms with van der Waals surface area (Å²) in [6.45, 7) is 2.82. The van der Waals surface area contributed by atoms with Crippen LogP contribution in [0.5, 0.6) is 5.75 Å². The van der Waals surface area contributed by atoms with E-state index >= 15 is 0 Å². The molecule has 0 aliphatic carbocycles. The standard InChI is InChI=1S/C24H22N4OS/c1-29-22-5-3-2-4-20(22)23-7-6-19(30-23)16-28-13-10-21-18(15-28)14-26-24(27-21)17-8-11-25-12-9-17/h2-9,11-12,14H,10,13,15-16H2,1H3. The smallest absolute Gasteiger partial charge is 0.159 e. The zero-order chi connectivity index (χ0) is 20.3. The van der Waals surface area contributed by atoms with Crippen LogP contribution < -0.4 is 4.74 Å². The van der Waals surface area contributed by atoms with E-state index < -0.39 is 0 Å². The quantitative estimate of drug-likeness (QED) is 0.468. The van der Waals surface area contributed by atoms with E-state index in [-0.39, 0.29) is 0 Å². The number of fused-ring (bicyclic) bond motifs is 1. The van der Waals surface area contributed by atoms with Crippen molar-refractivity contribution in [1.82, 2.24) is 19.9 Å². The third-order valence-corrected chi connectivity index (χ3v) is 6.47. The minimum atomic E-state index is 0.782. The van der Waals surface area contributed by atoms with E-state index in [0.29, 0.717) is 0 Å². The van der Waals surface area contributed by atoms with Gasteiger partial charge in [0.1, 0.15) is 5.75 Å². The Hall–Kier alpha value is -3.09. The van der Waals surface area contributed by atoms with Crippen molar-refractivity contribution in [2.75, 3.05) is 13.7 Å². The second kappa shape index (κ2) is 8.34. The second-order valence-electron chi connectivity index (χ2n) is 7.33. The Bertz CT molecular complexity index is 1160. The van der Waals surface area contributed by atoms with Crippen LogP contribution in [0.15, 0.2) is 67.1 Å². The van der Waals surface area contributed by atoms with Crippen LogP contribution in [-0.2, 0) is 19.5 Å². The molecule has 0 radical (unpaired) electrons. The van der Waals surface area contributed by atoms with E-state index in [9.17, 15) is 0 Å². The molecule has 4 heterocycles. The van der Waals surface area contributed by atoms with Crippen molar-refractivity contribution in [2.24, 2.45) is 0 Å². The van der Waals surface area contributed by atoms with Crippen LogP contribution in [0.1, 0.15) is 16.1 Å². The first kappa shape index (κ1) is 18.9. The average Bonchev–Trinajstić information content (AvgIpc) is 3.27. The zero-order valence-electron chi connectivity index (χ0n) is 16.8. The number of hydrogen-bond acceptors (Lipinski definition) is 6. The van der Waals surface area contributed by atoms with E-state index in [1.54, 1.807) is 19.5 Å². The van der Waals surface area contributed by atoms with Gasteiger partial charge in [0.2, 0.25) is 0 Å². The topological polar surface area (TPSA) is 51.1 Å². The molecule has 0 saturated heterocycles. The highest BCUT2D eigenvalue weighted by molar-refractivity contribution is 7.15. The minimum Gasteiger partial charge on any atom is -0.496 e. The summed E-state index contributed by atoms with van der Waals surface area (Å²) in [6.07, 6.45) is 6.49. The Morgan fingerprint density at radius 3 is 2.80 bits per heavy atom. The van der Waals surface area contributed by atoms with Crippen LogP contribution in [0, 0.1) is 0 Å². The minimum absolute atomic E-state index is 0.782. The van der Waals surface area contributed by atoms with Crippen molar-refractivity contribution in [3.05, 3.63) is 83.3 Å². The molecule has 1 aliphatic rings. The molecule has 5 nitrogen and oxygen atoms in total. The Morgan fingerprint density at radius 1 is 1.07 bits per heavy atom. The summed E-state index contributed by atoms with van der Waals surface area (Å²) in [5.74, 6) is 1.70. The maximum absolute atomic E-state index is 5.52. The fraction of sp³-hybridized carbons (Fsp3) is 0.208. The number of nitrogens with zero attached hydrogens (tertiary/aromatic N) is 4. The van der Waals surface area contributed by atoms with Gasteiger partial charge in [0.05, 0.1) is 12.8 Å². The van der Waals surface area contributed by atoms with E-state index in [4.69, 9.17) is 9.72 Å². The number of rotatable bonds is 5. The third kappa shape index (κ3) is 3.84. The van der Waals surface area contributed by atoms with Gasteiger partial charge in [-0.05, 0) is 36.4 Å². The summed E-state index contributed by atoms with van der Waals surface area (Å²) in [4.78, 5) is 18.5. The first-order chi connectivity index (χ1) is 14.8. The van der Waals surface area contributed by atoms with Crippen molar-refractivity contribution in [3.63, 3.8) is 0 Å². The number of pyridine rings is 1. The van der Waals surface area contributed by atoms with Gasteiger partial charge in [-0.25, -0.2) is 9.97 Å². The van der Waals surface area contributed by atoms with Gasteiger partial charge < -0.3 is 4.74 Å². The van der Waals surface area contributed by atoms with Crippen LogP contribution in [0.2, 0.25) is 0 Å². The Morgan fingerprint density at radius 2 is 1.93 bits per heavy atom. The number of methoxy groups -OCH3 is 1. The maximum Gasteiger partial charge on any atom is 0.159 e. The molecule has 30 heavy (non-hydrogen) atoms. The summed E-state index contributed by atoms with van der Waals surface area (Å²) in [5.41, 5.74) is 4.55. The Labute approximate surface area is 180 Å². The predicted molar refractivity (Wildman–Crippen MR) is 119 cm³/mol. The van der Waals surface area contributed by atoms with Crippen molar-refractivity contribution < 1.29 is 4.74 Å². The van der Waals surface area contributed by atoms with E-state index in [1.807, 2.05) is 41.8 Å². The molecule has 0 N–H and O–H groups in total. The molecule has 1 aromatic carbocycles. The van der Waals surface area contributed by atoms with Gasteiger partial charge in [-0.3, -0.25) is 9.88 Å². The van der Waals surface area contributed by atoms with E-state index in [2.05, 4.69) is 39.1 Å². The van der Waals surface area contributed by atoms with Gasteiger partial charge in [0, 0.05) is 71.1 Å². The lowest BCUT2D eigenvalue weighted by Crippen LogP contribution is -2.30. The van der Waals surface area contributed by atoms with Gasteiger partial charge in [-0.2, -0.15) is 0 Å². The summed E-state index contributed by atoms with van der Waals surface area (Å²) < 4.78 is 5.52. The highest BCUT2D eigenvalue weighted by Gasteiger charge is 2.20. The van der Waals surface area contributed by atoms with Crippen molar-refractivity contribution >= 4 is 11.3 Å². The molecule has 3 aromatic heterocycles. The molecule has 0 amide bonds. The Balaban J connectivity index is 1.30. The molecule has 0 spiro atoms. The number of para-hydroxylation sites is 1. The highest BCUT2D eigenvalue weighted by atomic mass is 32.1. The van der Waals surface area contributed by atoms with Gasteiger partial charge in [-0.15, -0.1) is 11.3 Å². The lowest BCUT2D eigenvalue weighted by molar-refractivity contribution is 0.245. The number of ether oxygens (including phenoxy) is 1. The molecule has 0 saturated carbocycles. The van der Waals surface area contributed by atoms with Crippen LogP contribution in [0.25, 0.3) is 21.8 Å². The lowest BCUT2D eigenvalue weighted by Gasteiger charge is -2.27. The molecule has 0 unspecified atom stereocenters. The zero-order valence-corrected chi connectivity index (χ0v) is 17.6. The fourth-order valence-corrected chi connectivity index (χ4v) is 4.91. The average molecular weight is 415 g/mol. The molecule has 0 fully saturated rings. The van der Waals surface area contributed by atoms with Crippen LogP contribution in [-0.4, -0.2) is 33.5 Å². The normalized spacial score (nSPS) is 13.8. The molecular formula is C24H22N4OS. The van der Waals surface area contributed by atoms with Gasteiger partial charge in [0.25, 0.3) is 0 Å². The summed E-state index contributed by atoms with van der Waals surface area (Å²) in [7, 11) is 1.72. The van der Waals surface area contributed by atoms with Gasteiger partial charge in [-0.1, -0.05) is 12.1 Å². The molecule has 6 heteroatoms. The summed E-state index contributed by atoms with van der Waals surface area (Å²) in [5, 5.41) is 0. The van der Waals surface area contributed by atoms with Crippen LogP contribution in [0.4, 0.5) is 0 Å². The second-order valence-corrected chi connectivity index (χ2v) is 8.50. The highest BCUT2D eigenvalue weighted by Crippen LogP contribution is 2.35. The SMILES string of the molecule is COc1ccccc1-c1ccc(CN2CCc3nc(-c4ccncc4)ncc3C2)s1. The Kier molecular flexibility index (Phi) is 5.26. The molecular weight excluding hydrogens is 392 g/mol. The number of hydrogen-bond donors (Lipinski definition) is 0. The molecule has 150 valence electrons. The summed E-state index contributed by atoms with van der Waals surface area (Å²) >= 11 is 1.83. The van der Waals surface area contributed by atoms with Gasteiger partial charge in [0.15, 0.2) is 5.82 Å². The number of thiophene rings is 1. The maximum atomic E-state index is 5.52.